The molecule has 1 aromatic carbocycles. The molecule has 2 unspecified atom stereocenters. The highest BCUT2D eigenvalue weighted by Crippen LogP contribution is 2.28. The molecule has 1 aromatic rings. The Labute approximate surface area is 99.9 Å². The second-order valence-electron chi connectivity index (χ2n) is 3.82. The van der Waals surface area contributed by atoms with Crippen LogP contribution in [0.3, 0.4) is 0 Å². The van der Waals surface area contributed by atoms with Gasteiger partial charge < -0.3 is 10.5 Å². The SMILES string of the molecule is CCC(C)Oc1ccc(C(C)N)cc1Br. The second kappa shape index (κ2) is 5.52. The molecule has 2 nitrogen and oxygen atoms in total. The lowest BCUT2D eigenvalue weighted by atomic mass is 10.1. The molecule has 0 aliphatic rings. The molecule has 0 heterocycles. The summed E-state index contributed by atoms with van der Waals surface area (Å²) in [4.78, 5) is 0. The maximum atomic E-state index is 5.80. The molecule has 0 aromatic heterocycles. The largest absolute Gasteiger partial charge is 0.490 e. The van der Waals surface area contributed by atoms with Gasteiger partial charge in [-0.25, -0.2) is 0 Å². The Kier molecular flexibility index (Phi) is 4.61. The number of rotatable bonds is 4. The van der Waals surface area contributed by atoms with E-state index < -0.39 is 0 Å². The van der Waals surface area contributed by atoms with Crippen LogP contribution < -0.4 is 10.5 Å². The van der Waals surface area contributed by atoms with E-state index in [1.807, 2.05) is 25.1 Å². The van der Waals surface area contributed by atoms with Crippen molar-refractivity contribution < 1.29 is 4.74 Å². The van der Waals surface area contributed by atoms with Crippen LogP contribution in [0.2, 0.25) is 0 Å². The first kappa shape index (κ1) is 12.5. The minimum absolute atomic E-state index is 0.0546. The summed E-state index contributed by atoms with van der Waals surface area (Å²) >= 11 is 3.49. The van der Waals surface area contributed by atoms with E-state index in [2.05, 4.69) is 29.8 Å². The molecule has 1 rings (SSSR count). The Balaban J connectivity index is 2.83. The summed E-state index contributed by atoms with van der Waals surface area (Å²) in [6.07, 6.45) is 1.24. The minimum atomic E-state index is 0.0546. The number of halogens is 1. The third-order valence-corrected chi connectivity index (χ3v) is 3.00. The lowest BCUT2D eigenvalue weighted by Crippen LogP contribution is -2.10. The molecule has 3 heteroatoms. The van der Waals surface area contributed by atoms with Gasteiger partial charge in [0.2, 0.25) is 0 Å². The number of hydrogen-bond donors (Lipinski definition) is 1. The number of benzene rings is 1. The summed E-state index contributed by atoms with van der Waals surface area (Å²) in [5.41, 5.74) is 6.91. The summed E-state index contributed by atoms with van der Waals surface area (Å²) in [7, 11) is 0. The van der Waals surface area contributed by atoms with E-state index in [1.165, 1.54) is 0 Å². The van der Waals surface area contributed by atoms with Crippen molar-refractivity contribution >= 4 is 15.9 Å². The molecule has 0 saturated heterocycles. The van der Waals surface area contributed by atoms with Crippen molar-refractivity contribution in [1.82, 2.24) is 0 Å². The fraction of sp³-hybridized carbons (Fsp3) is 0.500. The summed E-state index contributed by atoms with van der Waals surface area (Å²) in [6, 6.07) is 6.05. The zero-order valence-corrected chi connectivity index (χ0v) is 11.0. The Morgan fingerprint density at radius 2 is 2.07 bits per heavy atom. The molecule has 2 N–H and O–H groups in total. The first-order valence-electron chi connectivity index (χ1n) is 5.26. The smallest absolute Gasteiger partial charge is 0.133 e. The average Bonchev–Trinajstić information content (AvgIpc) is 2.20. The molecule has 2 atom stereocenters. The fourth-order valence-corrected chi connectivity index (χ4v) is 1.69. The van der Waals surface area contributed by atoms with Crippen LogP contribution in [0, 0.1) is 0 Å². The highest BCUT2D eigenvalue weighted by molar-refractivity contribution is 9.10. The van der Waals surface area contributed by atoms with Crippen molar-refractivity contribution in [3.63, 3.8) is 0 Å². The highest BCUT2D eigenvalue weighted by Gasteiger charge is 2.07. The van der Waals surface area contributed by atoms with E-state index in [0.29, 0.717) is 0 Å². The van der Waals surface area contributed by atoms with Crippen LogP contribution in [-0.4, -0.2) is 6.10 Å². The lowest BCUT2D eigenvalue weighted by molar-refractivity contribution is 0.216. The molecule has 0 saturated carbocycles. The second-order valence-corrected chi connectivity index (χ2v) is 4.67. The zero-order valence-electron chi connectivity index (χ0n) is 9.46. The predicted octanol–water partition coefficient (Wildman–Crippen LogP) is 3.65. The van der Waals surface area contributed by atoms with Gasteiger partial charge in [0.1, 0.15) is 5.75 Å². The zero-order chi connectivity index (χ0) is 11.4. The summed E-state index contributed by atoms with van der Waals surface area (Å²) < 4.78 is 6.71. The van der Waals surface area contributed by atoms with E-state index in [1.54, 1.807) is 0 Å². The van der Waals surface area contributed by atoms with Crippen molar-refractivity contribution in [3.8, 4) is 5.75 Å². The van der Waals surface area contributed by atoms with Gasteiger partial charge in [-0.1, -0.05) is 13.0 Å². The number of hydrogen-bond acceptors (Lipinski definition) is 2. The van der Waals surface area contributed by atoms with E-state index in [0.717, 1.165) is 22.2 Å². The molecule has 15 heavy (non-hydrogen) atoms. The molecule has 0 aliphatic heterocycles. The van der Waals surface area contributed by atoms with Gasteiger partial charge in [-0.2, -0.15) is 0 Å². The van der Waals surface area contributed by atoms with Gasteiger partial charge in [0.25, 0.3) is 0 Å². The normalized spacial score (nSPS) is 14.7. The van der Waals surface area contributed by atoms with E-state index in [4.69, 9.17) is 10.5 Å². The van der Waals surface area contributed by atoms with Gasteiger partial charge in [0.05, 0.1) is 10.6 Å². The van der Waals surface area contributed by atoms with Crippen LogP contribution >= 0.6 is 15.9 Å². The standard InChI is InChI=1S/C12H18BrNO/c1-4-8(2)15-12-6-5-10(9(3)14)7-11(12)13/h5-9H,4,14H2,1-3H3. The van der Waals surface area contributed by atoms with Crippen molar-refractivity contribution in [1.29, 1.82) is 0 Å². The van der Waals surface area contributed by atoms with Gasteiger partial charge in [-0.3, -0.25) is 0 Å². The van der Waals surface area contributed by atoms with E-state index >= 15 is 0 Å². The number of nitrogens with two attached hydrogens (primary N) is 1. The predicted molar refractivity (Wildman–Crippen MR) is 67.1 cm³/mol. The molecule has 0 bridgehead atoms. The van der Waals surface area contributed by atoms with Gasteiger partial charge in [0.15, 0.2) is 0 Å². The van der Waals surface area contributed by atoms with Crippen LogP contribution in [0.1, 0.15) is 38.8 Å². The monoisotopic (exact) mass is 271 g/mol. The van der Waals surface area contributed by atoms with Crippen molar-refractivity contribution in [2.75, 3.05) is 0 Å². The van der Waals surface area contributed by atoms with Crippen LogP contribution in [0.25, 0.3) is 0 Å². The summed E-state index contributed by atoms with van der Waals surface area (Å²) in [5.74, 6) is 0.883. The third-order valence-electron chi connectivity index (χ3n) is 2.38. The summed E-state index contributed by atoms with van der Waals surface area (Å²) in [5, 5.41) is 0. The first-order valence-corrected chi connectivity index (χ1v) is 6.05. The van der Waals surface area contributed by atoms with Crippen molar-refractivity contribution in [3.05, 3.63) is 28.2 Å². The lowest BCUT2D eigenvalue weighted by Gasteiger charge is -2.15. The van der Waals surface area contributed by atoms with Gasteiger partial charge in [0, 0.05) is 6.04 Å². The molecule has 84 valence electrons. The molecule has 0 spiro atoms. The van der Waals surface area contributed by atoms with Crippen LogP contribution in [-0.2, 0) is 0 Å². The molecule has 0 radical (unpaired) electrons. The Bertz CT molecular complexity index is 325. The Morgan fingerprint density at radius 1 is 1.40 bits per heavy atom. The molecule has 0 amide bonds. The highest BCUT2D eigenvalue weighted by atomic mass is 79.9. The van der Waals surface area contributed by atoms with E-state index in [9.17, 15) is 0 Å². The molecule has 0 aliphatic carbocycles. The van der Waals surface area contributed by atoms with Gasteiger partial charge in [-0.15, -0.1) is 0 Å². The quantitative estimate of drug-likeness (QED) is 0.908. The fourth-order valence-electron chi connectivity index (χ4n) is 1.20. The third kappa shape index (κ3) is 3.50. The van der Waals surface area contributed by atoms with Crippen LogP contribution in [0.15, 0.2) is 22.7 Å². The van der Waals surface area contributed by atoms with Crippen LogP contribution in [0.5, 0.6) is 5.75 Å². The van der Waals surface area contributed by atoms with Crippen molar-refractivity contribution in [2.24, 2.45) is 5.73 Å². The summed E-state index contributed by atoms with van der Waals surface area (Å²) in [6.45, 7) is 6.14. The molecular formula is C12H18BrNO. The molecular weight excluding hydrogens is 254 g/mol. The van der Waals surface area contributed by atoms with E-state index in [-0.39, 0.29) is 12.1 Å². The topological polar surface area (TPSA) is 35.2 Å². The van der Waals surface area contributed by atoms with Gasteiger partial charge >= 0.3 is 0 Å². The Morgan fingerprint density at radius 3 is 2.53 bits per heavy atom. The Hall–Kier alpha value is -0.540. The minimum Gasteiger partial charge on any atom is -0.490 e. The van der Waals surface area contributed by atoms with Crippen molar-refractivity contribution in [2.45, 2.75) is 39.3 Å². The maximum absolute atomic E-state index is 5.80. The van der Waals surface area contributed by atoms with Gasteiger partial charge in [-0.05, 0) is 53.9 Å². The van der Waals surface area contributed by atoms with Crippen LogP contribution in [0.4, 0.5) is 0 Å². The molecule has 0 fully saturated rings. The number of ether oxygens (including phenoxy) is 1. The maximum Gasteiger partial charge on any atom is 0.133 e. The first-order chi connectivity index (χ1) is 7.04. The average molecular weight is 272 g/mol.